The molecule has 0 N–H and O–H groups in total. The molecule has 0 saturated carbocycles. The predicted molar refractivity (Wildman–Crippen MR) is 216 cm³/mol. The van der Waals surface area contributed by atoms with Gasteiger partial charge in [-0.2, -0.15) is 0 Å². The van der Waals surface area contributed by atoms with Gasteiger partial charge >= 0.3 is 0 Å². The van der Waals surface area contributed by atoms with Crippen LogP contribution in [0.15, 0.2) is 176 Å². The predicted octanol–water partition coefficient (Wildman–Crippen LogP) is 12.5. The Labute approximate surface area is 303 Å². The van der Waals surface area contributed by atoms with E-state index in [0.29, 0.717) is 5.82 Å². The number of nitrogens with zero attached hydrogens (tertiary/aromatic N) is 3. The highest BCUT2D eigenvalue weighted by Gasteiger charge is 2.36. The summed E-state index contributed by atoms with van der Waals surface area (Å²) in [4.78, 5) is 10.4. The van der Waals surface area contributed by atoms with Crippen LogP contribution in [0.5, 0.6) is 0 Å². The van der Waals surface area contributed by atoms with Crippen molar-refractivity contribution in [3.8, 4) is 61.8 Å². The summed E-state index contributed by atoms with van der Waals surface area (Å²) in [5, 5.41) is 2.40. The van der Waals surface area contributed by atoms with E-state index in [9.17, 15) is 0 Å². The third-order valence-electron chi connectivity index (χ3n) is 10.8. The number of benzene rings is 7. The zero-order valence-electron chi connectivity index (χ0n) is 29.1. The largest absolute Gasteiger partial charge is 0.309 e. The van der Waals surface area contributed by atoms with E-state index in [1.165, 1.54) is 44.2 Å². The van der Waals surface area contributed by atoms with Crippen molar-refractivity contribution in [3.05, 3.63) is 187 Å². The minimum absolute atomic E-state index is 0.0565. The smallest absolute Gasteiger partial charge is 0.160 e. The number of aromatic nitrogens is 3. The van der Waals surface area contributed by atoms with E-state index in [1.807, 2.05) is 24.3 Å². The lowest BCUT2D eigenvalue weighted by atomic mass is 9.82. The number of hydrogen-bond donors (Lipinski definition) is 0. The van der Waals surface area contributed by atoms with Crippen molar-refractivity contribution in [2.24, 2.45) is 0 Å². The van der Waals surface area contributed by atoms with Crippen LogP contribution in [0.25, 0.3) is 83.6 Å². The second kappa shape index (κ2) is 11.8. The lowest BCUT2D eigenvalue weighted by molar-refractivity contribution is 0.660. The van der Waals surface area contributed by atoms with Gasteiger partial charge in [0.1, 0.15) is 0 Å². The zero-order valence-corrected chi connectivity index (χ0v) is 29.1. The van der Waals surface area contributed by atoms with Crippen molar-refractivity contribution in [1.29, 1.82) is 0 Å². The minimum Gasteiger partial charge on any atom is -0.309 e. The van der Waals surface area contributed by atoms with Crippen molar-refractivity contribution in [2.45, 2.75) is 19.3 Å². The van der Waals surface area contributed by atoms with Gasteiger partial charge in [0.05, 0.1) is 22.4 Å². The van der Waals surface area contributed by atoms with Gasteiger partial charge in [-0.15, -0.1) is 0 Å². The average Bonchev–Trinajstić information content (AvgIpc) is 3.67. The topological polar surface area (TPSA) is 30.7 Å². The summed E-state index contributed by atoms with van der Waals surface area (Å²) in [6, 6.07) is 62.9. The van der Waals surface area contributed by atoms with Crippen molar-refractivity contribution >= 4 is 21.8 Å². The third kappa shape index (κ3) is 4.66. The van der Waals surface area contributed by atoms with E-state index in [2.05, 4.69) is 170 Å². The van der Waals surface area contributed by atoms with Crippen LogP contribution in [0.3, 0.4) is 0 Å². The van der Waals surface area contributed by atoms with Crippen molar-refractivity contribution in [1.82, 2.24) is 14.5 Å². The SMILES string of the molecule is CC1(C)c2ccccc2-c2c(-c3ccc4c(c3)c3cccc(-c5cc(-c6ccccc6)nc(-c6ccccc6)n5)c3n4-c3ccccc3)cccc21. The zero-order chi connectivity index (χ0) is 34.8. The third-order valence-corrected chi connectivity index (χ3v) is 10.8. The summed E-state index contributed by atoms with van der Waals surface area (Å²) >= 11 is 0. The molecule has 0 radical (unpaired) electrons. The van der Waals surface area contributed by atoms with Gasteiger partial charge in [0.2, 0.25) is 0 Å². The van der Waals surface area contributed by atoms with Crippen LogP contribution in [0.1, 0.15) is 25.0 Å². The van der Waals surface area contributed by atoms with Crippen LogP contribution in [-0.4, -0.2) is 14.5 Å². The maximum Gasteiger partial charge on any atom is 0.160 e. The Balaban J connectivity index is 1.25. The lowest BCUT2D eigenvalue weighted by Gasteiger charge is -2.21. The maximum absolute atomic E-state index is 5.27. The monoisotopic (exact) mass is 665 g/mol. The highest BCUT2D eigenvalue weighted by molar-refractivity contribution is 6.15. The van der Waals surface area contributed by atoms with E-state index in [0.717, 1.165) is 44.8 Å². The van der Waals surface area contributed by atoms with Gasteiger partial charge in [-0.05, 0) is 63.7 Å². The van der Waals surface area contributed by atoms with Crippen molar-refractivity contribution in [3.63, 3.8) is 0 Å². The second-order valence-electron chi connectivity index (χ2n) is 14.2. The standard InChI is InChI=1S/C49H35N3/c1-49(2)41-26-13-12-22-38(41)46-36(23-15-27-42(46)49)34-28-29-45-40(30-34)37-24-14-25-39(47(37)52(45)35-20-10-5-11-21-35)44-31-43(32-16-6-3-7-17-32)50-48(51-44)33-18-8-4-9-19-33/h3-31H,1-2H3. The summed E-state index contributed by atoms with van der Waals surface area (Å²) in [6.45, 7) is 4.69. The highest BCUT2D eigenvalue weighted by atomic mass is 15.0. The Kier molecular flexibility index (Phi) is 6.84. The molecule has 52 heavy (non-hydrogen) atoms. The fraction of sp³-hybridized carbons (Fsp3) is 0.0612. The van der Waals surface area contributed by atoms with Gasteiger partial charge in [-0.3, -0.25) is 0 Å². The summed E-state index contributed by atoms with van der Waals surface area (Å²) in [5.41, 5.74) is 16.2. The minimum atomic E-state index is -0.0565. The summed E-state index contributed by atoms with van der Waals surface area (Å²) in [6.07, 6.45) is 0. The van der Waals surface area contributed by atoms with Crippen LogP contribution in [0.2, 0.25) is 0 Å². The molecule has 0 spiro atoms. The average molecular weight is 666 g/mol. The molecule has 0 amide bonds. The van der Waals surface area contributed by atoms with E-state index >= 15 is 0 Å². The fourth-order valence-corrected chi connectivity index (χ4v) is 8.34. The van der Waals surface area contributed by atoms with Crippen LogP contribution in [-0.2, 0) is 5.41 Å². The molecule has 0 unspecified atom stereocenters. The molecule has 246 valence electrons. The molecular weight excluding hydrogens is 631 g/mol. The number of fused-ring (bicyclic) bond motifs is 6. The van der Waals surface area contributed by atoms with Crippen molar-refractivity contribution in [2.75, 3.05) is 0 Å². The number of hydrogen-bond acceptors (Lipinski definition) is 2. The molecule has 0 fully saturated rings. The van der Waals surface area contributed by atoms with Crippen LogP contribution in [0, 0.1) is 0 Å². The van der Waals surface area contributed by atoms with Gasteiger partial charge in [0.15, 0.2) is 5.82 Å². The van der Waals surface area contributed by atoms with Gasteiger partial charge in [0.25, 0.3) is 0 Å². The number of para-hydroxylation sites is 2. The van der Waals surface area contributed by atoms with Crippen LogP contribution < -0.4 is 0 Å². The molecule has 1 aliphatic rings. The van der Waals surface area contributed by atoms with Crippen molar-refractivity contribution < 1.29 is 0 Å². The van der Waals surface area contributed by atoms with E-state index in [4.69, 9.17) is 9.97 Å². The van der Waals surface area contributed by atoms with E-state index < -0.39 is 0 Å². The first-order chi connectivity index (χ1) is 25.6. The van der Waals surface area contributed by atoms with Crippen LogP contribution in [0.4, 0.5) is 0 Å². The van der Waals surface area contributed by atoms with Crippen LogP contribution >= 0.6 is 0 Å². The van der Waals surface area contributed by atoms with Gasteiger partial charge in [0, 0.05) is 38.6 Å². The maximum atomic E-state index is 5.27. The lowest BCUT2D eigenvalue weighted by Crippen LogP contribution is -2.14. The molecule has 9 aromatic rings. The van der Waals surface area contributed by atoms with Gasteiger partial charge < -0.3 is 4.57 Å². The fourth-order valence-electron chi connectivity index (χ4n) is 8.34. The molecule has 7 aromatic carbocycles. The van der Waals surface area contributed by atoms with Gasteiger partial charge in [-0.1, -0.05) is 159 Å². The second-order valence-corrected chi connectivity index (χ2v) is 14.2. The first-order valence-corrected chi connectivity index (χ1v) is 17.9. The summed E-state index contributed by atoms with van der Waals surface area (Å²) < 4.78 is 2.41. The molecule has 2 heterocycles. The molecular formula is C49H35N3. The Hall–Kier alpha value is -6.58. The first-order valence-electron chi connectivity index (χ1n) is 17.9. The quantitative estimate of drug-likeness (QED) is 0.183. The number of rotatable bonds is 5. The van der Waals surface area contributed by atoms with E-state index in [1.54, 1.807) is 0 Å². The normalized spacial score (nSPS) is 13.0. The molecule has 0 saturated heterocycles. The molecule has 1 aliphatic carbocycles. The molecule has 3 heteroatoms. The molecule has 10 rings (SSSR count). The Morgan fingerprint density at radius 3 is 1.85 bits per heavy atom. The van der Waals surface area contributed by atoms with E-state index in [-0.39, 0.29) is 5.41 Å². The summed E-state index contributed by atoms with van der Waals surface area (Å²) in [5.74, 6) is 0.708. The highest BCUT2D eigenvalue weighted by Crippen LogP contribution is 2.52. The first kappa shape index (κ1) is 30.3. The summed E-state index contributed by atoms with van der Waals surface area (Å²) in [7, 11) is 0. The van der Waals surface area contributed by atoms with Gasteiger partial charge in [-0.25, -0.2) is 9.97 Å². The Morgan fingerprint density at radius 2 is 1.06 bits per heavy atom. The molecule has 0 aliphatic heterocycles. The molecule has 2 aromatic heterocycles. The Bertz CT molecular complexity index is 2740. The molecule has 0 atom stereocenters. The molecule has 3 nitrogen and oxygen atoms in total. The molecule has 0 bridgehead atoms. The Morgan fingerprint density at radius 1 is 0.442 bits per heavy atom.